The van der Waals surface area contributed by atoms with E-state index >= 15 is 0 Å². The number of carbonyl (C=O) groups excluding carboxylic acids is 1. The summed E-state index contributed by atoms with van der Waals surface area (Å²) in [6.07, 6.45) is 6.22. The van der Waals surface area contributed by atoms with Crippen LogP contribution in [0.25, 0.3) is 0 Å². The van der Waals surface area contributed by atoms with Crippen LogP contribution in [0, 0.1) is 18.3 Å². The van der Waals surface area contributed by atoms with Gasteiger partial charge in [-0.25, -0.2) is 4.98 Å². The first kappa shape index (κ1) is 13.7. The Kier molecular flexibility index (Phi) is 4.21. The van der Waals surface area contributed by atoms with Gasteiger partial charge >= 0.3 is 0 Å². The van der Waals surface area contributed by atoms with Crippen molar-refractivity contribution in [3.63, 3.8) is 0 Å². The summed E-state index contributed by atoms with van der Waals surface area (Å²) < 4.78 is 0. The fraction of sp³-hybridized carbons (Fsp3) is 0.733. The van der Waals surface area contributed by atoms with Crippen molar-refractivity contribution in [2.24, 2.45) is 11.3 Å². The SMILES string of the molecule is Cc1csc(CC(=O)C2(CC(C)C)CCCC2)n1. The molecule has 100 valence electrons. The first-order valence-electron chi connectivity index (χ1n) is 6.96. The zero-order valence-corrected chi connectivity index (χ0v) is 12.5. The highest BCUT2D eigenvalue weighted by atomic mass is 32.1. The highest BCUT2D eigenvalue weighted by molar-refractivity contribution is 7.09. The third-order valence-corrected chi connectivity index (χ3v) is 4.90. The van der Waals surface area contributed by atoms with Crippen LogP contribution in [0.3, 0.4) is 0 Å². The van der Waals surface area contributed by atoms with Crippen molar-refractivity contribution in [3.8, 4) is 0 Å². The second kappa shape index (κ2) is 5.52. The molecule has 0 atom stereocenters. The maximum Gasteiger partial charge on any atom is 0.145 e. The average molecular weight is 265 g/mol. The lowest BCUT2D eigenvalue weighted by atomic mass is 9.74. The Morgan fingerprint density at radius 3 is 2.61 bits per heavy atom. The van der Waals surface area contributed by atoms with E-state index in [1.165, 1.54) is 12.8 Å². The van der Waals surface area contributed by atoms with E-state index in [0.717, 1.165) is 30.0 Å². The standard InChI is InChI=1S/C15H23NOS/c1-11(2)9-15(6-4-5-7-15)13(17)8-14-16-12(3)10-18-14/h10-11H,4-9H2,1-3H3. The molecule has 1 heterocycles. The molecule has 1 aromatic heterocycles. The predicted octanol–water partition coefficient (Wildman–Crippen LogP) is 4.17. The van der Waals surface area contributed by atoms with E-state index in [4.69, 9.17) is 0 Å². The van der Waals surface area contributed by atoms with Crippen LogP contribution >= 0.6 is 11.3 Å². The van der Waals surface area contributed by atoms with Crippen LogP contribution in [0.5, 0.6) is 0 Å². The van der Waals surface area contributed by atoms with Gasteiger partial charge in [-0.05, 0) is 32.1 Å². The first-order valence-corrected chi connectivity index (χ1v) is 7.84. The van der Waals surface area contributed by atoms with Crippen LogP contribution in [0.4, 0.5) is 0 Å². The second-order valence-corrected chi connectivity index (χ2v) is 7.01. The predicted molar refractivity (Wildman–Crippen MR) is 75.9 cm³/mol. The zero-order chi connectivity index (χ0) is 13.2. The Labute approximate surface area is 114 Å². The summed E-state index contributed by atoms with van der Waals surface area (Å²) in [7, 11) is 0. The highest BCUT2D eigenvalue weighted by Crippen LogP contribution is 2.44. The molecule has 3 heteroatoms. The van der Waals surface area contributed by atoms with Crippen molar-refractivity contribution in [2.75, 3.05) is 0 Å². The molecule has 0 unspecified atom stereocenters. The summed E-state index contributed by atoms with van der Waals surface area (Å²) >= 11 is 1.62. The Hall–Kier alpha value is -0.700. The third kappa shape index (κ3) is 3.00. The third-order valence-electron chi connectivity index (χ3n) is 3.93. The summed E-state index contributed by atoms with van der Waals surface area (Å²) in [5, 5.41) is 3.03. The molecule has 1 aliphatic rings. The molecule has 18 heavy (non-hydrogen) atoms. The monoisotopic (exact) mass is 265 g/mol. The molecule has 0 N–H and O–H groups in total. The van der Waals surface area contributed by atoms with Gasteiger partial charge < -0.3 is 0 Å². The van der Waals surface area contributed by atoms with Crippen molar-refractivity contribution in [1.82, 2.24) is 4.98 Å². The van der Waals surface area contributed by atoms with Gasteiger partial charge in [0.05, 0.1) is 6.42 Å². The number of aryl methyl sites for hydroxylation is 1. The first-order chi connectivity index (χ1) is 8.52. The van der Waals surface area contributed by atoms with E-state index < -0.39 is 0 Å². The van der Waals surface area contributed by atoms with Crippen LogP contribution in [0.2, 0.25) is 0 Å². The van der Waals surface area contributed by atoms with Crippen LogP contribution < -0.4 is 0 Å². The van der Waals surface area contributed by atoms with Crippen molar-refractivity contribution in [3.05, 3.63) is 16.1 Å². The molecule has 0 aromatic carbocycles. The number of ketones is 1. The quantitative estimate of drug-likeness (QED) is 0.799. The number of Topliss-reactive ketones (excluding diaryl/α,β-unsaturated/α-hetero) is 1. The van der Waals surface area contributed by atoms with Crippen molar-refractivity contribution in [1.29, 1.82) is 0 Å². The van der Waals surface area contributed by atoms with Crippen molar-refractivity contribution in [2.45, 2.75) is 59.3 Å². The second-order valence-electron chi connectivity index (χ2n) is 6.07. The van der Waals surface area contributed by atoms with E-state index in [9.17, 15) is 4.79 Å². The fourth-order valence-corrected chi connectivity index (χ4v) is 4.01. The number of thiazole rings is 1. The molecule has 0 aliphatic heterocycles. The van der Waals surface area contributed by atoms with E-state index in [-0.39, 0.29) is 5.41 Å². The number of hydrogen-bond acceptors (Lipinski definition) is 3. The molecule has 0 amide bonds. The lowest BCUT2D eigenvalue weighted by Gasteiger charge is -2.29. The molecule has 0 spiro atoms. The van der Waals surface area contributed by atoms with Gasteiger partial charge in [-0.1, -0.05) is 26.7 Å². The molecule has 0 radical (unpaired) electrons. The van der Waals surface area contributed by atoms with Crippen LogP contribution in [-0.4, -0.2) is 10.8 Å². The van der Waals surface area contributed by atoms with Crippen LogP contribution in [-0.2, 0) is 11.2 Å². The molecule has 1 fully saturated rings. The van der Waals surface area contributed by atoms with Gasteiger partial charge in [-0.2, -0.15) is 0 Å². The molecule has 0 saturated heterocycles. The number of carbonyl (C=O) groups is 1. The summed E-state index contributed by atoms with van der Waals surface area (Å²) in [6, 6.07) is 0. The minimum Gasteiger partial charge on any atom is -0.299 e. The summed E-state index contributed by atoms with van der Waals surface area (Å²) in [6.45, 7) is 6.44. The van der Waals surface area contributed by atoms with E-state index in [2.05, 4.69) is 18.8 Å². The van der Waals surface area contributed by atoms with Gasteiger partial charge in [0.25, 0.3) is 0 Å². The molecule has 2 nitrogen and oxygen atoms in total. The molecule has 0 bridgehead atoms. The van der Waals surface area contributed by atoms with Crippen LogP contribution in [0.1, 0.15) is 56.7 Å². The zero-order valence-electron chi connectivity index (χ0n) is 11.7. The molecule has 1 aromatic rings. The highest BCUT2D eigenvalue weighted by Gasteiger charge is 2.40. The molecule has 1 saturated carbocycles. The minimum absolute atomic E-state index is 0.0340. The fourth-order valence-electron chi connectivity index (χ4n) is 3.24. The maximum atomic E-state index is 12.6. The Morgan fingerprint density at radius 1 is 1.44 bits per heavy atom. The minimum atomic E-state index is -0.0340. The normalized spacial score (nSPS) is 18.4. The number of nitrogens with zero attached hydrogens (tertiary/aromatic N) is 1. The van der Waals surface area contributed by atoms with Gasteiger partial charge in [0.2, 0.25) is 0 Å². The van der Waals surface area contributed by atoms with Gasteiger partial charge in [-0.3, -0.25) is 4.79 Å². The number of aromatic nitrogens is 1. The van der Waals surface area contributed by atoms with E-state index in [1.54, 1.807) is 11.3 Å². The van der Waals surface area contributed by atoms with Crippen molar-refractivity contribution >= 4 is 17.1 Å². The largest absolute Gasteiger partial charge is 0.299 e. The Morgan fingerprint density at radius 2 is 2.11 bits per heavy atom. The number of hydrogen-bond donors (Lipinski definition) is 0. The molecular formula is C15H23NOS. The summed E-state index contributed by atoms with van der Waals surface area (Å²) in [4.78, 5) is 17.1. The van der Waals surface area contributed by atoms with E-state index in [0.29, 0.717) is 18.1 Å². The molecular weight excluding hydrogens is 242 g/mol. The summed E-state index contributed by atoms with van der Waals surface area (Å²) in [5.41, 5.74) is 1.00. The number of rotatable bonds is 5. The Balaban J connectivity index is 2.09. The average Bonchev–Trinajstić information content (AvgIpc) is 2.88. The lowest BCUT2D eigenvalue weighted by molar-refractivity contribution is -0.128. The van der Waals surface area contributed by atoms with Gasteiger partial charge in [0.1, 0.15) is 10.8 Å². The van der Waals surface area contributed by atoms with Gasteiger partial charge in [0, 0.05) is 16.5 Å². The van der Waals surface area contributed by atoms with Gasteiger partial charge in [0.15, 0.2) is 0 Å². The summed E-state index contributed by atoms with van der Waals surface area (Å²) in [5.74, 6) is 1.04. The Bertz CT molecular complexity index is 416. The van der Waals surface area contributed by atoms with Crippen LogP contribution in [0.15, 0.2) is 5.38 Å². The van der Waals surface area contributed by atoms with E-state index in [1.807, 2.05) is 12.3 Å². The molecule has 2 rings (SSSR count). The smallest absolute Gasteiger partial charge is 0.145 e. The maximum absolute atomic E-state index is 12.6. The molecule has 1 aliphatic carbocycles. The van der Waals surface area contributed by atoms with Crippen molar-refractivity contribution < 1.29 is 4.79 Å². The lowest BCUT2D eigenvalue weighted by Crippen LogP contribution is -2.31. The topological polar surface area (TPSA) is 30.0 Å². The van der Waals surface area contributed by atoms with Gasteiger partial charge in [-0.15, -0.1) is 11.3 Å².